The second kappa shape index (κ2) is 6.75. The second-order valence-corrected chi connectivity index (χ2v) is 7.98. The zero-order valence-electron chi connectivity index (χ0n) is 14.5. The van der Waals surface area contributed by atoms with Crippen molar-refractivity contribution in [3.8, 4) is 0 Å². The highest BCUT2D eigenvalue weighted by Gasteiger charge is 2.39. The Balaban J connectivity index is 1.74. The molecule has 2 aliphatic rings. The molecule has 0 bridgehead atoms. The van der Waals surface area contributed by atoms with Crippen LogP contribution in [0.25, 0.3) is 0 Å². The van der Waals surface area contributed by atoms with E-state index in [2.05, 4.69) is 15.1 Å². The Morgan fingerprint density at radius 2 is 2.04 bits per heavy atom. The van der Waals surface area contributed by atoms with Crippen molar-refractivity contribution in [1.29, 1.82) is 0 Å². The average Bonchev–Trinajstić information content (AvgIpc) is 2.53. The van der Waals surface area contributed by atoms with E-state index in [1.54, 1.807) is 6.07 Å². The topological polar surface area (TPSA) is 58.6 Å². The number of halogens is 1. The Morgan fingerprint density at radius 1 is 1.25 bits per heavy atom. The first-order valence-corrected chi connectivity index (χ1v) is 8.95. The summed E-state index contributed by atoms with van der Waals surface area (Å²) in [5.41, 5.74) is -0.470. The van der Waals surface area contributed by atoms with E-state index in [1.807, 2.05) is 31.7 Å². The highest BCUT2D eigenvalue weighted by molar-refractivity contribution is 6.29. The Labute approximate surface area is 148 Å². The van der Waals surface area contributed by atoms with Gasteiger partial charge in [0.1, 0.15) is 5.60 Å². The van der Waals surface area contributed by atoms with Crippen molar-refractivity contribution in [3.63, 3.8) is 0 Å². The SMILES string of the molecule is CC(C)(C)OC(=O)N1CCC2CCCN(c3ccc(Cl)nn3)C2C1. The van der Waals surface area contributed by atoms with E-state index in [9.17, 15) is 4.79 Å². The Kier molecular flexibility index (Phi) is 4.85. The van der Waals surface area contributed by atoms with Crippen LogP contribution in [-0.2, 0) is 4.74 Å². The molecule has 1 amide bonds. The fourth-order valence-electron chi connectivity index (χ4n) is 3.60. The van der Waals surface area contributed by atoms with E-state index >= 15 is 0 Å². The van der Waals surface area contributed by atoms with E-state index in [-0.39, 0.29) is 12.1 Å². The Morgan fingerprint density at radius 3 is 2.71 bits per heavy atom. The highest BCUT2D eigenvalue weighted by Crippen LogP contribution is 2.33. The van der Waals surface area contributed by atoms with Gasteiger partial charge in [-0.05, 0) is 58.1 Å². The third-order valence-electron chi connectivity index (χ3n) is 4.66. The molecule has 7 heteroatoms. The number of aromatic nitrogens is 2. The van der Waals surface area contributed by atoms with Crippen molar-refractivity contribution in [3.05, 3.63) is 17.3 Å². The van der Waals surface area contributed by atoms with Crippen LogP contribution in [0.1, 0.15) is 40.0 Å². The van der Waals surface area contributed by atoms with E-state index in [4.69, 9.17) is 16.3 Å². The van der Waals surface area contributed by atoms with Gasteiger partial charge in [0.05, 0.1) is 6.04 Å². The molecule has 2 fully saturated rings. The quantitative estimate of drug-likeness (QED) is 0.775. The van der Waals surface area contributed by atoms with Gasteiger partial charge in [0, 0.05) is 19.6 Å². The zero-order valence-corrected chi connectivity index (χ0v) is 15.3. The van der Waals surface area contributed by atoms with E-state index in [0.29, 0.717) is 17.6 Å². The lowest BCUT2D eigenvalue weighted by Gasteiger charge is -2.47. The summed E-state index contributed by atoms with van der Waals surface area (Å²) < 4.78 is 5.54. The van der Waals surface area contributed by atoms with Gasteiger partial charge >= 0.3 is 6.09 Å². The van der Waals surface area contributed by atoms with Crippen LogP contribution in [0.2, 0.25) is 5.15 Å². The minimum atomic E-state index is -0.470. The maximum absolute atomic E-state index is 12.4. The van der Waals surface area contributed by atoms with Gasteiger partial charge in [0.15, 0.2) is 11.0 Å². The Bertz CT molecular complexity index is 587. The summed E-state index contributed by atoms with van der Waals surface area (Å²) in [7, 11) is 0. The minimum absolute atomic E-state index is 0.228. The molecule has 2 atom stereocenters. The fourth-order valence-corrected chi connectivity index (χ4v) is 3.70. The molecule has 3 heterocycles. The van der Waals surface area contributed by atoms with Crippen LogP contribution in [0, 0.1) is 5.92 Å². The normalized spacial score (nSPS) is 24.5. The summed E-state index contributed by atoms with van der Waals surface area (Å²) in [4.78, 5) is 16.5. The standard InChI is InChI=1S/C17H25ClN4O2/c1-17(2,3)24-16(23)21-10-8-12-5-4-9-22(13(12)11-21)15-7-6-14(18)19-20-15/h6-7,12-13H,4-5,8-11H2,1-3H3. The van der Waals surface area contributed by atoms with Crippen molar-refractivity contribution < 1.29 is 9.53 Å². The number of ether oxygens (including phenoxy) is 1. The molecule has 1 aromatic rings. The third-order valence-corrected chi connectivity index (χ3v) is 4.86. The molecular weight excluding hydrogens is 328 g/mol. The van der Waals surface area contributed by atoms with Gasteiger partial charge in [-0.3, -0.25) is 0 Å². The monoisotopic (exact) mass is 352 g/mol. The van der Waals surface area contributed by atoms with Gasteiger partial charge in [-0.2, -0.15) is 0 Å². The smallest absolute Gasteiger partial charge is 0.410 e. The summed E-state index contributed by atoms with van der Waals surface area (Å²) in [5, 5.41) is 8.59. The first-order valence-electron chi connectivity index (χ1n) is 8.57. The molecule has 24 heavy (non-hydrogen) atoms. The predicted octanol–water partition coefficient (Wildman–Crippen LogP) is 3.36. The molecule has 0 spiro atoms. The van der Waals surface area contributed by atoms with Crippen molar-refractivity contribution in [2.75, 3.05) is 24.5 Å². The van der Waals surface area contributed by atoms with Crippen molar-refractivity contribution in [2.45, 2.75) is 51.7 Å². The molecule has 0 N–H and O–H groups in total. The van der Waals surface area contributed by atoms with Crippen LogP contribution in [0.15, 0.2) is 12.1 Å². The number of fused-ring (bicyclic) bond motifs is 1. The van der Waals surface area contributed by atoms with Crippen LogP contribution in [0.3, 0.4) is 0 Å². The number of piperidine rings is 2. The maximum atomic E-state index is 12.4. The zero-order chi connectivity index (χ0) is 17.3. The summed E-state index contributed by atoms with van der Waals surface area (Å²) in [5.74, 6) is 1.41. The molecule has 1 aromatic heterocycles. The summed E-state index contributed by atoms with van der Waals surface area (Å²) >= 11 is 5.85. The van der Waals surface area contributed by atoms with Crippen LogP contribution >= 0.6 is 11.6 Å². The lowest BCUT2D eigenvalue weighted by Crippen LogP contribution is -2.57. The average molecular weight is 353 g/mol. The van der Waals surface area contributed by atoms with Gasteiger partial charge in [-0.15, -0.1) is 10.2 Å². The van der Waals surface area contributed by atoms with Crippen molar-refractivity contribution >= 4 is 23.5 Å². The van der Waals surface area contributed by atoms with Gasteiger partial charge in [0.2, 0.25) is 0 Å². The number of anilines is 1. The third kappa shape index (κ3) is 3.91. The second-order valence-electron chi connectivity index (χ2n) is 7.59. The number of nitrogens with zero attached hydrogens (tertiary/aromatic N) is 4. The first kappa shape index (κ1) is 17.3. The fraction of sp³-hybridized carbons (Fsp3) is 0.706. The van der Waals surface area contributed by atoms with Gasteiger partial charge in [-0.25, -0.2) is 4.79 Å². The van der Waals surface area contributed by atoms with E-state index in [0.717, 1.165) is 31.7 Å². The van der Waals surface area contributed by atoms with Crippen LogP contribution in [-0.4, -0.2) is 52.5 Å². The van der Waals surface area contributed by atoms with Gasteiger partial charge in [-0.1, -0.05) is 11.6 Å². The number of hydrogen-bond donors (Lipinski definition) is 0. The highest BCUT2D eigenvalue weighted by atomic mass is 35.5. The number of rotatable bonds is 1. The number of carbonyl (C=O) groups excluding carboxylic acids is 1. The minimum Gasteiger partial charge on any atom is -0.444 e. The predicted molar refractivity (Wildman–Crippen MR) is 93.3 cm³/mol. The maximum Gasteiger partial charge on any atom is 0.410 e. The summed E-state index contributed by atoms with van der Waals surface area (Å²) in [6.45, 7) is 8.05. The number of hydrogen-bond acceptors (Lipinski definition) is 5. The Hall–Kier alpha value is -1.56. The molecule has 2 unspecified atom stereocenters. The molecule has 3 rings (SSSR count). The molecule has 2 saturated heterocycles. The number of carbonyl (C=O) groups is 1. The molecule has 6 nitrogen and oxygen atoms in total. The van der Waals surface area contributed by atoms with Crippen LogP contribution < -0.4 is 4.90 Å². The van der Waals surface area contributed by atoms with E-state index in [1.165, 1.54) is 6.42 Å². The summed E-state index contributed by atoms with van der Waals surface area (Å²) in [6, 6.07) is 3.93. The van der Waals surface area contributed by atoms with Crippen LogP contribution in [0.5, 0.6) is 0 Å². The molecule has 0 aromatic carbocycles. The molecule has 0 radical (unpaired) electrons. The molecular formula is C17H25ClN4O2. The lowest BCUT2D eigenvalue weighted by molar-refractivity contribution is 0.0138. The lowest BCUT2D eigenvalue weighted by atomic mass is 9.83. The molecule has 0 aliphatic carbocycles. The molecule has 2 aliphatic heterocycles. The molecule has 0 saturated carbocycles. The van der Waals surface area contributed by atoms with Gasteiger partial charge < -0.3 is 14.5 Å². The van der Waals surface area contributed by atoms with E-state index < -0.39 is 5.60 Å². The summed E-state index contributed by atoms with van der Waals surface area (Å²) in [6.07, 6.45) is 3.11. The van der Waals surface area contributed by atoms with Gasteiger partial charge in [0.25, 0.3) is 0 Å². The number of amides is 1. The largest absolute Gasteiger partial charge is 0.444 e. The van der Waals surface area contributed by atoms with Crippen molar-refractivity contribution in [1.82, 2.24) is 15.1 Å². The van der Waals surface area contributed by atoms with Crippen LogP contribution in [0.4, 0.5) is 10.6 Å². The number of likely N-dealkylation sites (tertiary alicyclic amines) is 1. The molecule has 132 valence electrons. The first-order chi connectivity index (χ1) is 11.3. The van der Waals surface area contributed by atoms with Crippen molar-refractivity contribution in [2.24, 2.45) is 5.92 Å².